The third-order valence-electron chi connectivity index (χ3n) is 3.00. The van der Waals surface area contributed by atoms with Gasteiger partial charge >= 0.3 is 5.97 Å². The van der Waals surface area contributed by atoms with Crippen molar-refractivity contribution in [2.75, 3.05) is 13.7 Å². The summed E-state index contributed by atoms with van der Waals surface area (Å²) in [5.41, 5.74) is 1.40. The van der Waals surface area contributed by atoms with Crippen molar-refractivity contribution in [1.82, 2.24) is 0 Å². The highest BCUT2D eigenvalue weighted by Crippen LogP contribution is 2.28. The van der Waals surface area contributed by atoms with E-state index in [-0.39, 0.29) is 0 Å². The molecule has 4 heteroatoms. The fourth-order valence-corrected chi connectivity index (χ4v) is 1.91. The van der Waals surface area contributed by atoms with E-state index in [4.69, 9.17) is 14.2 Å². The molecule has 0 amide bonds. The molecule has 0 fully saturated rings. The van der Waals surface area contributed by atoms with Crippen LogP contribution in [-0.2, 0) is 0 Å². The molecule has 0 aromatic heterocycles. The minimum Gasteiger partial charge on any atom is -0.496 e. The SMILES string of the molecule is CCOc1ccccc1OC(=O)c1ccc(C)c(OC)c1. The Hall–Kier alpha value is -2.49. The van der Waals surface area contributed by atoms with E-state index in [2.05, 4.69) is 0 Å². The van der Waals surface area contributed by atoms with Gasteiger partial charge in [0.25, 0.3) is 0 Å². The van der Waals surface area contributed by atoms with Crippen molar-refractivity contribution < 1.29 is 19.0 Å². The lowest BCUT2D eigenvalue weighted by Crippen LogP contribution is -2.10. The van der Waals surface area contributed by atoms with Gasteiger partial charge in [-0.25, -0.2) is 4.79 Å². The Morgan fingerprint density at radius 1 is 1.05 bits per heavy atom. The molecule has 0 unspecified atom stereocenters. The number of ether oxygens (including phenoxy) is 3. The molecule has 2 aromatic rings. The standard InChI is InChI=1S/C17H18O4/c1-4-20-14-7-5-6-8-15(14)21-17(18)13-10-9-12(2)16(11-13)19-3/h5-11H,4H2,1-3H3. The Bertz CT molecular complexity index is 634. The first-order valence-electron chi connectivity index (χ1n) is 6.74. The smallest absolute Gasteiger partial charge is 0.343 e. The fourth-order valence-electron chi connectivity index (χ4n) is 1.91. The van der Waals surface area contributed by atoms with Crippen LogP contribution >= 0.6 is 0 Å². The van der Waals surface area contributed by atoms with Gasteiger partial charge in [-0.05, 0) is 43.7 Å². The Kier molecular flexibility index (Phi) is 4.82. The second kappa shape index (κ2) is 6.79. The summed E-state index contributed by atoms with van der Waals surface area (Å²) in [5, 5.41) is 0. The van der Waals surface area contributed by atoms with Crippen LogP contribution in [-0.4, -0.2) is 19.7 Å². The van der Waals surface area contributed by atoms with Crippen LogP contribution in [0.2, 0.25) is 0 Å². The van der Waals surface area contributed by atoms with E-state index in [1.165, 1.54) is 0 Å². The minimum absolute atomic E-state index is 0.406. The topological polar surface area (TPSA) is 44.8 Å². The third-order valence-corrected chi connectivity index (χ3v) is 3.00. The summed E-state index contributed by atoms with van der Waals surface area (Å²) in [7, 11) is 1.57. The number of benzene rings is 2. The van der Waals surface area contributed by atoms with E-state index in [1.807, 2.05) is 26.0 Å². The molecular weight excluding hydrogens is 268 g/mol. The van der Waals surface area contributed by atoms with Crippen LogP contribution < -0.4 is 14.2 Å². The maximum Gasteiger partial charge on any atom is 0.343 e. The van der Waals surface area contributed by atoms with E-state index in [0.717, 1.165) is 5.56 Å². The van der Waals surface area contributed by atoms with Crippen molar-refractivity contribution in [1.29, 1.82) is 0 Å². The molecule has 2 aromatic carbocycles. The van der Waals surface area contributed by atoms with Gasteiger partial charge in [0.1, 0.15) is 5.75 Å². The van der Waals surface area contributed by atoms with Crippen LogP contribution in [0.3, 0.4) is 0 Å². The summed E-state index contributed by atoms with van der Waals surface area (Å²) in [5.74, 6) is 1.17. The number of methoxy groups -OCH3 is 1. The Morgan fingerprint density at radius 2 is 1.76 bits per heavy atom. The van der Waals surface area contributed by atoms with Crippen LogP contribution in [0.15, 0.2) is 42.5 Å². The van der Waals surface area contributed by atoms with Crippen LogP contribution in [0.1, 0.15) is 22.8 Å². The van der Waals surface area contributed by atoms with Crippen LogP contribution in [0, 0.1) is 6.92 Å². The summed E-state index contributed by atoms with van der Waals surface area (Å²) < 4.78 is 16.1. The van der Waals surface area contributed by atoms with E-state index in [0.29, 0.717) is 29.4 Å². The molecule has 0 spiro atoms. The zero-order chi connectivity index (χ0) is 15.2. The third kappa shape index (κ3) is 3.54. The number of esters is 1. The first-order valence-corrected chi connectivity index (χ1v) is 6.74. The lowest BCUT2D eigenvalue weighted by molar-refractivity contribution is 0.0728. The Labute approximate surface area is 124 Å². The monoisotopic (exact) mass is 286 g/mol. The molecule has 0 atom stereocenters. The zero-order valence-corrected chi connectivity index (χ0v) is 12.4. The quantitative estimate of drug-likeness (QED) is 0.622. The number of rotatable bonds is 5. The molecule has 0 aliphatic heterocycles. The predicted molar refractivity (Wildman–Crippen MR) is 80.3 cm³/mol. The number of carbonyl (C=O) groups is 1. The van der Waals surface area contributed by atoms with Crippen LogP contribution in [0.4, 0.5) is 0 Å². The molecular formula is C17H18O4. The van der Waals surface area contributed by atoms with Crippen molar-refractivity contribution in [3.63, 3.8) is 0 Å². The lowest BCUT2D eigenvalue weighted by Gasteiger charge is -2.11. The second-order valence-electron chi connectivity index (χ2n) is 4.45. The molecule has 0 saturated heterocycles. The molecule has 0 aliphatic carbocycles. The molecule has 0 N–H and O–H groups in total. The summed E-state index contributed by atoms with van der Waals surface area (Å²) in [6.45, 7) is 4.30. The van der Waals surface area contributed by atoms with Gasteiger partial charge in [0.2, 0.25) is 0 Å². The first kappa shape index (κ1) is 14.9. The second-order valence-corrected chi connectivity index (χ2v) is 4.45. The van der Waals surface area contributed by atoms with Crippen molar-refractivity contribution >= 4 is 5.97 Å². The minimum atomic E-state index is -0.444. The molecule has 21 heavy (non-hydrogen) atoms. The number of para-hydroxylation sites is 2. The molecule has 0 heterocycles. The molecule has 2 rings (SSSR count). The predicted octanol–water partition coefficient (Wildman–Crippen LogP) is 3.62. The van der Waals surface area contributed by atoms with Gasteiger partial charge in [0, 0.05) is 0 Å². The molecule has 0 radical (unpaired) electrons. The number of hydrogen-bond donors (Lipinski definition) is 0. The van der Waals surface area contributed by atoms with Crippen molar-refractivity contribution in [2.24, 2.45) is 0 Å². The highest BCUT2D eigenvalue weighted by molar-refractivity contribution is 5.92. The average Bonchev–Trinajstić information content (AvgIpc) is 2.50. The maximum atomic E-state index is 12.2. The molecule has 110 valence electrons. The van der Waals surface area contributed by atoms with Crippen LogP contribution in [0.25, 0.3) is 0 Å². The summed E-state index contributed by atoms with van der Waals surface area (Å²) in [4.78, 5) is 12.2. The van der Waals surface area contributed by atoms with Gasteiger partial charge in [-0.1, -0.05) is 18.2 Å². The highest BCUT2D eigenvalue weighted by Gasteiger charge is 2.13. The average molecular weight is 286 g/mol. The molecule has 0 saturated carbocycles. The summed E-state index contributed by atoms with van der Waals surface area (Å²) in [6.07, 6.45) is 0. The molecule has 4 nitrogen and oxygen atoms in total. The molecule has 0 aliphatic rings. The van der Waals surface area contributed by atoms with Crippen molar-refractivity contribution in [3.8, 4) is 17.2 Å². The van der Waals surface area contributed by atoms with E-state index in [9.17, 15) is 4.79 Å². The fraction of sp³-hybridized carbons (Fsp3) is 0.235. The van der Waals surface area contributed by atoms with Gasteiger partial charge in [-0.3, -0.25) is 0 Å². The number of carbonyl (C=O) groups excluding carboxylic acids is 1. The highest BCUT2D eigenvalue weighted by atomic mass is 16.6. The molecule has 0 bridgehead atoms. The van der Waals surface area contributed by atoms with Crippen molar-refractivity contribution in [2.45, 2.75) is 13.8 Å². The number of hydrogen-bond acceptors (Lipinski definition) is 4. The normalized spacial score (nSPS) is 10.0. The van der Waals surface area contributed by atoms with E-state index < -0.39 is 5.97 Å². The first-order chi connectivity index (χ1) is 10.2. The van der Waals surface area contributed by atoms with Crippen molar-refractivity contribution in [3.05, 3.63) is 53.6 Å². The maximum absolute atomic E-state index is 12.2. The van der Waals surface area contributed by atoms with Gasteiger partial charge in [0.15, 0.2) is 11.5 Å². The van der Waals surface area contributed by atoms with Gasteiger partial charge in [0.05, 0.1) is 19.3 Å². The van der Waals surface area contributed by atoms with Crippen LogP contribution in [0.5, 0.6) is 17.2 Å². The zero-order valence-electron chi connectivity index (χ0n) is 12.4. The summed E-state index contributed by atoms with van der Waals surface area (Å²) >= 11 is 0. The largest absolute Gasteiger partial charge is 0.496 e. The Balaban J connectivity index is 2.22. The van der Waals surface area contributed by atoms with Gasteiger partial charge < -0.3 is 14.2 Å². The van der Waals surface area contributed by atoms with Gasteiger partial charge in [-0.2, -0.15) is 0 Å². The van der Waals surface area contributed by atoms with E-state index in [1.54, 1.807) is 37.4 Å². The summed E-state index contributed by atoms with van der Waals surface area (Å²) in [6, 6.07) is 12.3. The number of aryl methyl sites for hydroxylation is 1. The lowest BCUT2D eigenvalue weighted by atomic mass is 10.1. The van der Waals surface area contributed by atoms with Gasteiger partial charge in [-0.15, -0.1) is 0 Å². The Morgan fingerprint density at radius 3 is 2.43 bits per heavy atom. The van der Waals surface area contributed by atoms with E-state index >= 15 is 0 Å².